The van der Waals surface area contributed by atoms with Crippen LogP contribution in [0.4, 0.5) is 0 Å². The van der Waals surface area contributed by atoms with E-state index in [4.69, 9.17) is 9.98 Å². The molecule has 3 unspecified atom stereocenters. The molecule has 0 bridgehead atoms. The van der Waals surface area contributed by atoms with Gasteiger partial charge in [-0.25, -0.2) is 4.99 Å². The van der Waals surface area contributed by atoms with Gasteiger partial charge < -0.3 is 15.1 Å². The third kappa shape index (κ3) is 4.24. The predicted molar refractivity (Wildman–Crippen MR) is 122 cm³/mol. The fourth-order valence-electron chi connectivity index (χ4n) is 5.12. The van der Waals surface area contributed by atoms with Crippen LogP contribution in [-0.2, 0) is 15.6 Å². The van der Waals surface area contributed by atoms with Crippen LogP contribution in [0.1, 0.15) is 43.6 Å². The molecule has 166 valence electrons. The Hall–Kier alpha value is -2.29. The summed E-state index contributed by atoms with van der Waals surface area (Å²) in [6.45, 7) is 2.50. The lowest BCUT2D eigenvalue weighted by molar-refractivity contribution is -0.132. The Labute approximate surface area is 185 Å². The number of likely N-dealkylation sites (tertiary alicyclic amines) is 2. The molecule has 0 radical (unpaired) electrons. The second-order valence-electron chi connectivity index (χ2n) is 8.96. The van der Waals surface area contributed by atoms with Crippen molar-refractivity contribution >= 4 is 28.5 Å². The highest BCUT2D eigenvalue weighted by Crippen LogP contribution is 2.30. The highest BCUT2D eigenvalue weighted by Gasteiger charge is 2.42. The van der Waals surface area contributed by atoms with E-state index in [1.54, 1.807) is 4.90 Å². The molecule has 3 fully saturated rings. The summed E-state index contributed by atoms with van der Waals surface area (Å²) in [5.74, 6) is 3.11. The molecule has 0 spiro atoms. The van der Waals surface area contributed by atoms with Crippen molar-refractivity contribution in [2.75, 3.05) is 32.4 Å². The van der Waals surface area contributed by atoms with E-state index >= 15 is 0 Å². The van der Waals surface area contributed by atoms with Gasteiger partial charge in [0.1, 0.15) is 11.1 Å². The largest absolute Gasteiger partial charge is 0.344 e. The standard InChI is InChI=1S/C22H30N6O2S/c1-27-14-17(2-3-19(27)29)24-21-20-18(8-13-31(20)30)25-22(26-21)28-11-6-16(7-12-28)15-4-9-23-10-5-15/h4-5,9-10,16-18,20H,2-3,6-8,11-14H2,1H3,(H,24,25,26)/t17-,18?,20?,31?/m0/s1. The third-order valence-electron chi connectivity index (χ3n) is 6.94. The van der Waals surface area contributed by atoms with E-state index in [2.05, 4.69) is 27.3 Å². The van der Waals surface area contributed by atoms with Crippen molar-refractivity contribution in [1.29, 1.82) is 0 Å². The number of hydrogen-bond donors (Lipinski definition) is 1. The summed E-state index contributed by atoms with van der Waals surface area (Å²) in [6, 6.07) is 4.33. The summed E-state index contributed by atoms with van der Waals surface area (Å²) in [6.07, 6.45) is 8.01. The number of pyridine rings is 1. The Bertz CT molecular complexity index is 912. The van der Waals surface area contributed by atoms with Gasteiger partial charge in [-0.3, -0.25) is 19.0 Å². The molecule has 0 aliphatic carbocycles. The van der Waals surface area contributed by atoms with Gasteiger partial charge in [-0.2, -0.15) is 0 Å². The number of piperidine rings is 2. The van der Waals surface area contributed by atoms with Crippen LogP contribution in [0, 0.1) is 0 Å². The summed E-state index contributed by atoms with van der Waals surface area (Å²) in [5, 5.41) is 3.33. The molecule has 31 heavy (non-hydrogen) atoms. The van der Waals surface area contributed by atoms with Gasteiger partial charge in [0, 0.05) is 62.0 Å². The smallest absolute Gasteiger partial charge is 0.222 e. The first-order valence-corrected chi connectivity index (χ1v) is 12.6. The second kappa shape index (κ2) is 8.68. The second-order valence-corrected chi connectivity index (χ2v) is 10.6. The number of likely N-dealkylation sites (N-methyl/N-ethyl adjacent to an activating group) is 1. The van der Waals surface area contributed by atoms with Crippen molar-refractivity contribution in [2.45, 2.75) is 55.4 Å². The van der Waals surface area contributed by atoms with E-state index in [1.807, 2.05) is 19.4 Å². The minimum Gasteiger partial charge on any atom is -0.344 e. The number of nitrogens with zero attached hydrogens (tertiary/aromatic N) is 5. The summed E-state index contributed by atoms with van der Waals surface area (Å²) >= 11 is 0. The van der Waals surface area contributed by atoms with Crippen LogP contribution >= 0.6 is 0 Å². The molecule has 3 saturated heterocycles. The van der Waals surface area contributed by atoms with Crippen LogP contribution in [0.3, 0.4) is 0 Å². The van der Waals surface area contributed by atoms with E-state index in [0.29, 0.717) is 24.6 Å². The number of carbonyl (C=O) groups is 1. The Morgan fingerprint density at radius 3 is 2.68 bits per heavy atom. The normalized spacial score (nSPS) is 33.3. The fourth-order valence-corrected chi connectivity index (χ4v) is 6.77. The van der Waals surface area contributed by atoms with Crippen LogP contribution in [0.2, 0.25) is 0 Å². The molecule has 5 rings (SSSR count). The molecule has 0 saturated carbocycles. The average molecular weight is 443 g/mol. The Kier molecular flexibility index (Phi) is 5.77. The molecular weight excluding hydrogens is 412 g/mol. The minimum atomic E-state index is -0.945. The highest BCUT2D eigenvalue weighted by atomic mass is 32.2. The number of hydrogen-bond acceptors (Lipinski definition) is 6. The van der Waals surface area contributed by atoms with E-state index < -0.39 is 10.8 Å². The molecule has 4 aliphatic heterocycles. The van der Waals surface area contributed by atoms with Gasteiger partial charge in [-0.1, -0.05) is 0 Å². The molecule has 5 heterocycles. The number of amidine groups is 1. The van der Waals surface area contributed by atoms with Crippen LogP contribution < -0.4 is 5.32 Å². The van der Waals surface area contributed by atoms with Gasteiger partial charge in [-0.05, 0) is 49.3 Å². The molecule has 4 aliphatic rings. The number of aromatic nitrogens is 1. The fraction of sp³-hybridized carbons (Fsp3) is 0.636. The van der Waals surface area contributed by atoms with Crippen molar-refractivity contribution < 1.29 is 9.00 Å². The van der Waals surface area contributed by atoms with E-state index in [0.717, 1.165) is 50.6 Å². The summed E-state index contributed by atoms with van der Waals surface area (Å²) in [5.41, 5.74) is 1.36. The number of rotatable bonds is 2. The Morgan fingerprint density at radius 2 is 1.94 bits per heavy atom. The van der Waals surface area contributed by atoms with E-state index in [-0.39, 0.29) is 23.2 Å². The van der Waals surface area contributed by atoms with Crippen LogP contribution in [0.25, 0.3) is 0 Å². The molecule has 9 heteroatoms. The number of nitrogens with one attached hydrogen (secondary N) is 1. The van der Waals surface area contributed by atoms with Gasteiger partial charge in [0.15, 0.2) is 5.96 Å². The molecule has 1 aromatic rings. The zero-order valence-corrected chi connectivity index (χ0v) is 18.8. The molecule has 0 aromatic carbocycles. The maximum Gasteiger partial charge on any atom is 0.222 e. The van der Waals surface area contributed by atoms with Crippen molar-refractivity contribution in [1.82, 2.24) is 20.1 Å². The predicted octanol–water partition coefficient (Wildman–Crippen LogP) is 1.13. The molecule has 1 aromatic heterocycles. The van der Waals surface area contributed by atoms with Crippen molar-refractivity contribution in [3.63, 3.8) is 0 Å². The number of carbonyl (C=O) groups excluding carboxylic acids is 1. The summed E-state index contributed by atoms with van der Waals surface area (Å²) in [7, 11) is 0.887. The molecule has 4 atom stereocenters. The van der Waals surface area contributed by atoms with Gasteiger partial charge in [0.05, 0.1) is 12.1 Å². The number of fused-ring (bicyclic) bond motifs is 1. The van der Waals surface area contributed by atoms with Crippen molar-refractivity contribution in [3.8, 4) is 0 Å². The lowest BCUT2D eigenvalue weighted by Crippen LogP contribution is -2.56. The maximum absolute atomic E-state index is 12.7. The van der Waals surface area contributed by atoms with Gasteiger partial charge in [0.2, 0.25) is 5.91 Å². The quantitative estimate of drug-likeness (QED) is 0.742. The lowest BCUT2D eigenvalue weighted by atomic mass is 9.90. The Morgan fingerprint density at radius 1 is 1.16 bits per heavy atom. The molecule has 1 amide bonds. The molecular formula is C22H30N6O2S. The Balaban J connectivity index is 1.31. The number of aliphatic imine (C=N–C) groups is 2. The first-order chi connectivity index (χ1) is 15.1. The summed E-state index contributed by atoms with van der Waals surface area (Å²) < 4.78 is 12.7. The number of amides is 1. The highest BCUT2D eigenvalue weighted by molar-refractivity contribution is 7.86. The molecule has 8 nitrogen and oxygen atoms in total. The van der Waals surface area contributed by atoms with E-state index in [1.165, 1.54) is 5.56 Å². The first-order valence-electron chi connectivity index (χ1n) is 11.3. The third-order valence-corrected chi connectivity index (χ3v) is 8.68. The lowest BCUT2D eigenvalue weighted by Gasteiger charge is -2.38. The monoisotopic (exact) mass is 442 g/mol. The van der Waals surface area contributed by atoms with Crippen molar-refractivity contribution in [3.05, 3.63) is 30.1 Å². The topological polar surface area (TPSA) is 90.3 Å². The molecule has 1 N–H and O–H groups in total. The average Bonchev–Trinajstić information content (AvgIpc) is 3.18. The van der Waals surface area contributed by atoms with Gasteiger partial charge >= 0.3 is 0 Å². The van der Waals surface area contributed by atoms with Crippen LogP contribution in [0.5, 0.6) is 0 Å². The zero-order chi connectivity index (χ0) is 21.4. The summed E-state index contributed by atoms with van der Waals surface area (Å²) in [4.78, 5) is 30.0. The zero-order valence-electron chi connectivity index (χ0n) is 17.9. The van der Waals surface area contributed by atoms with Gasteiger partial charge in [0.25, 0.3) is 0 Å². The van der Waals surface area contributed by atoms with Crippen LogP contribution in [-0.4, -0.2) is 86.5 Å². The first kappa shape index (κ1) is 20.6. The van der Waals surface area contributed by atoms with Crippen LogP contribution in [0.15, 0.2) is 34.5 Å². The maximum atomic E-state index is 12.7. The van der Waals surface area contributed by atoms with E-state index in [9.17, 15) is 9.00 Å². The number of guanidine groups is 1. The SMILES string of the molecule is CN1C[C@@H](N=C2NC(N3CCC(c4ccncc4)CC3)=NC3CCS(=O)C23)CCC1=O. The van der Waals surface area contributed by atoms with Gasteiger partial charge in [-0.15, -0.1) is 0 Å². The van der Waals surface area contributed by atoms with Crippen molar-refractivity contribution in [2.24, 2.45) is 9.98 Å². The minimum absolute atomic E-state index is 0.0386.